The van der Waals surface area contributed by atoms with Crippen LogP contribution in [0.2, 0.25) is 0 Å². The molecule has 2 unspecified atom stereocenters. The SMILES string of the molecule is OCC(O)CNC1CCCc2ccccc21. The summed E-state index contributed by atoms with van der Waals surface area (Å²) in [6, 6.07) is 8.78. The van der Waals surface area contributed by atoms with Gasteiger partial charge in [0.1, 0.15) is 0 Å². The van der Waals surface area contributed by atoms with Gasteiger partial charge in [0.2, 0.25) is 0 Å². The third-order valence-corrected chi connectivity index (χ3v) is 3.18. The van der Waals surface area contributed by atoms with E-state index in [0.29, 0.717) is 12.6 Å². The van der Waals surface area contributed by atoms with Crippen LogP contribution in [0.1, 0.15) is 30.0 Å². The molecule has 2 atom stereocenters. The molecular weight excluding hydrogens is 202 g/mol. The Morgan fingerprint density at radius 3 is 3.00 bits per heavy atom. The minimum Gasteiger partial charge on any atom is -0.394 e. The molecule has 0 saturated carbocycles. The summed E-state index contributed by atoms with van der Waals surface area (Å²) in [4.78, 5) is 0. The van der Waals surface area contributed by atoms with E-state index >= 15 is 0 Å². The van der Waals surface area contributed by atoms with E-state index in [4.69, 9.17) is 5.11 Å². The van der Waals surface area contributed by atoms with E-state index in [1.54, 1.807) is 0 Å². The minimum atomic E-state index is -0.658. The van der Waals surface area contributed by atoms with Crippen LogP contribution in [-0.4, -0.2) is 29.5 Å². The zero-order chi connectivity index (χ0) is 11.4. The van der Waals surface area contributed by atoms with E-state index in [9.17, 15) is 5.11 Å². The fourth-order valence-corrected chi connectivity index (χ4v) is 2.31. The van der Waals surface area contributed by atoms with Crippen molar-refractivity contribution in [3.05, 3.63) is 35.4 Å². The minimum absolute atomic E-state index is 0.179. The fraction of sp³-hybridized carbons (Fsp3) is 0.538. The second-order valence-corrected chi connectivity index (χ2v) is 4.39. The highest BCUT2D eigenvalue weighted by atomic mass is 16.3. The molecular formula is C13H19NO2. The van der Waals surface area contributed by atoms with Gasteiger partial charge >= 0.3 is 0 Å². The molecule has 0 heterocycles. The quantitative estimate of drug-likeness (QED) is 0.711. The number of aliphatic hydroxyl groups excluding tert-OH is 2. The number of rotatable bonds is 4. The first-order chi connectivity index (χ1) is 7.81. The normalized spacial score (nSPS) is 21.5. The monoisotopic (exact) mass is 221 g/mol. The predicted molar refractivity (Wildman–Crippen MR) is 63.2 cm³/mol. The van der Waals surface area contributed by atoms with Gasteiger partial charge in [-0.3, -0.25) is 0 Å². The van der Waals surface area contributed by atoms with Crippen LogP contribution in [-0.2, 0) is 6.42 Å². The van der Waals surface area contributed by atoms with Crippen LogP contribution in [0.4, 0.5) is 0 Å². The van der Waals surface area contributed by atoms with Crippen LogP contribution >= 0.6 is 0 Å². The molecule has 3 N–H and O–H groups in total. The van der Waals surface area contributed by atoms with E-state index in [1.165, 1.54) is 17.5 Å². The predicted octanol–water partition coefficient (Wildman–Crippen LogP) is 1.01. The first-order valence-corrected chi connectivity index (χ1v) is 5.91. The summed E-state index contributed by atoms with van der Waals surface area (Å²) in [5, 5.41) is 21.4. The molecule has 1 aliphatic rings. The van der Waals surface area contributed by atoms with Crippen LogP contribution in [0.15, 0.2) is 24.3 Å². The molecule has 1 aromatic carbocycles. The lowest BCUT2D eigenvalue weighted by atomic mass is 9.88. The number of hydrogen-bond acceptors (Lipinski definition) is 3. The Morgan fingerprint density at radius 2 is 2.19 bits per heavy atom. The first-order valence-electron chi connectivity index (χ1n) is 5.91. The Morgan fingerprint density at radius 1 is 1.38 bits per heavy atom. The van der Waals surface area contributed by atoms with Crippen LogP contribution < -0.4 is 5.32 Å². The summed E-state index contributed by atoms with van der Waals surface area (Å²) in [5.74, 6) is 0. The van der Waals surface area contributed by atoms with Crippen LogP contribution in [0.5, 0.6) is 0 Å². The van der Waals surface area contributed by atoms with E-state index < -0.39 is 6.10 Å². The van der Waals surface area contributed by atoms with Crippen molar-refractivity contribution < 1.29 is 10.2 Å². The molecule has 0 aliphatic heterocycles. The second-order valence-electron chi connectivity index (χ2n) is 4.39. The van der Waals surface area contributed by atoms with Crippen molar-refractivity contribution in [1.29, 1.82) is 0 Å². The summed E-state index contributed by atoms with van der Waals surface area (Å²) in [6.45, 7) is 0.275. The Hall–Kier alpha value is -0.900. The summed E-state index contributed by atoms with van der Waals surface area (Å²) in [6.07, 6.45) is 2.78. The molecule has 0 spiro atoms. The maximum Gasteiger partial charge on any atom is 0.0895 e. The van der Waals surface area contributed by atoms with Gasteiger partial charge in [-0.1, -0.05) is 24.3 Å². The molecule has 16 heavy (non-hydrogen) atoms. The number of aliphatic hydroxyl groups is 2. The zero-order valence-electron chi connectivity index (χ0n) is 9.39. The van der Waals surface area contributed by atoms with Gasteiger partial charge in [0.25, 0.3) is 0 Å². The van der Waals surface area contributed by atoms with Crippen molar-refractivity contribution in [3.8, 4) is 0 Å². The Kier molecular flexibility index (Phi) is 3.93. The molecule has 1 aliphatic carbocycles. The number of benzene rings is 1. The third-order valence-electron chi connectivity index (χ3n) is 3.18. The van der Waals surface area contributed by atoms with Crippen molar-refractivity contribution in [2.75, 3.05) is 13.2 Å². The van der Waals surface area contributed by atoms with Crippen molar-refractivity contribution >= 4 is 0 Å². The van der Waals surface area contributed by atoms with Gasteiger partial charge in [0.05, 0.1) is 12.7 Å². The summed E-state index contributed by atoms with van der Waals surface area (Å²) in [7, 11) is 0. The third kappa shape index (κ3) is 2.61. The van der Waals surface area contributed by atoms with E-state index in [1.807, 2.05) is 0 Å². The Bertz CT molecular complexity index is 340. The van der Waals surface area contributed by atoms with Gasteiger partial charge in [0, 0.05) is 12.6 Å². The topological polar surface area (TPSA) is 52.5 Å². The molecule has 88 valence electrons. The molecule has 0 radical (unpaired) electrons. The zero-order valence-corrected chi connectivity index (χ0v) is 9.39. The second kappa shape index (κ2) is 5.43. The average Bonchev–Trinajstić information content (AvgIpc) is 2.35. The van der Waals surface area contributed by atoms with Crippen molar-refractivity contribution in [2.45, 2.75) is 31.4 Å². The van der Waals surface area contributed by atoms with Crippen molar-refractivity contribution in [1.82, 2.24) is 5.32 Å². The van der Waals surface area contributed by atoms with Gasteiger partial charge in [-0.05, 0) is 30.4 Å². The largest absolute Gasteiger partial charge is 0.394 e. The van der Waals surface area contributed by atoms with Gasteiger partial charge in [-0.2, -0.15) is 0 Å². The van der Waals surface area contributed by atoms with Gasteiger partial charge in [-0.15, -0.1) is 0 Å². The van der Waals surface area contributed by atoms with Crippen LogP contribution in [0.3, 0.4) is 0 Å². The van der Waals surface area contributed by atoms with Gasteiger partial charge in [-0.25, -0.2) is 0 Å². The molecule has 0 amide bonds. The smallest absolute Gasteiger partial charge is 0.0895 e. The van der Waals surface area contributed by atoms with E-state index in [2.05, 4.69) is 29.6 Å². The Labute approximate surface area is 96.1 Å². The molecule has 0 bridgehead atoms. The highest BCUT2D eigenvalue weighted by molar-refractivity contribution is 5.32. The van der Waals surface area contributed by atoms with E-state index in [-0.39, 0.29) is 6.61 Å². The molecule has 0 fully saturated rings. The fourth-order valence-electron chi connectivity index (χ4n) is 2.31. The lowest BCUT2D eigenvalue weighted by Gasteiger charge is -2.27. The molecule has 0 aromatic heterocycles. The lowest BCUT2D eigenvalue weighted by Crippen LogP contribution is -2.33. The summed E-state index contributed by atoms with van der Waals surface area (Å²) < 4.78 is 0. The molecule has 1 aromatic rings. The van der Waals surface area contributed by atoms with Gasteiger partial charge in [0.15, 0.2) is 0 Å². The van der Waals surface area contributed by atoms with Crippen molar-refractivity contribution in [3.63, 3.8) is 0 Å². The van der Waals surface area contributed by atoms with Crippen LogP contribution in [0, 0.1) is 0 Å². The summed E-state index contributed by atoms with van der Waals surface area (Å²) >= 11 is 0. The Balaban J connectivity index is 2.01. The number of nitrogens with one attached hydrogen (secondary N) is 1. The highest BCUT2D eigenvalue weighted by Crippen LogP contribution is 2.29. The van der Waals surface area contributed by atoms with Gasteiger partial charge < -0.3 is 15.5 Å². The first kappa shape index (κ1) is 11.6. The number of fused-ring (bicyclic) bond motifs is 1. The van der Waals surface area contributed by atoms with Crippen molar-refractivity contribution in [2.24, 2.45) is 0 Å². The standard InChI is InChI=1S/C13H19NO2/c15-9-11(16)8-14-13-7-3-5-10-4-1-2-6-12(10)13/h1-2,4,6,11,13-16H,3,5,7-9H2. The maximum absolute atomic E-state index is 9.32. The van der Waals surface area contributed by atoms with Crippen LogP contribution in [0.25, 0.3) is 0 Å². The molecule has 3 heteroatoms. The number of aryl methyl sites for hydroxylation is 1. The maximum atomic E-state index is 9.32. The lowest BCUT2D eigenvalue weighted by molar-refractivity contribution is 0.0912. The average molecular weight is 221 g/mol. The molecule has 3 nitrogen and oxygen atoms in total. The number of hydrogen-bond donors (Lipinski definition) is 3. The molecule has 0 saturated heterocycles. The molecule has 2 rings (SSSR count). The highest BCUT2D eigenvalue weighted by Gasteiger charge is 2.19. The summed E-state index contributed by atoms with van der Waals surface area (Å²) in [5.41, 5.74) is 2.75. The van der Waals surface area contributed by atoms with E-state index in [0.717, 1.165) is 12.8 Å².